The molecule has 0 saturated heterocycles. The molecule has 0 fully saturated rings. The van der Waals surface area contributed by atoms with Gasteiger partial charge in [0.2, 0.25) is 0 Å². The zero-order valence-electron chi connectivity index (χ0n) is 10.8. The van der Waals surface area contributed by atoms with Gasteiger partial charge in [0.25, 0.3) is 0 Å². The summed E-state index contributed by atoms with van der Waals surface area (Å²) in [5.41, 5.74) is 0.543. The van der Waals surface area contributed by atoms with E-state index in [1.807, 2.05) is 36.4 Å². The average molecular weight is 344 g/mol. The molecule has 21 heavy (non-hydrogen) atoms. The summed E-state index contributed by atoms with van der Waals surface area (Å²) in [6.45, 7) is 0. The number of fused-ring (bicyclic) bond motifs is 1. The maximum atomic E-state index is 11.2. The molecule has 0 unspecified atom stereocenters. The van der Waals surface area contributed by atoms with E-state index in [1.165, 1.54) is 6.07 Å². The lowest BCUT2D eigenvalue weighted by atomic mass is 10.2. The Labute approximate surface area is 129 Å². The van der Waals surface area contributed by atoms with Gasteiger partial charge in [-0.25, -0.2) is 9.78 Å². The number of carboxylic acid groups (broad SMARTS) is 1. The Morgan fingerprint density at radius 1 is 1.10 bits per heavy atom. The SMILES string of the molecule is O=C(O)c1cc(Oc2cccc(Br)c2)c2ccccc2n1. The van der Waals surface area contributed by atoms with E-state index in [0.29, 0.717) is 17.0 Å². The predicted octanol–water partition coefficient (Wildman–Crippen LogP) is 4.49. The molecule has 0 spiro atoms. The van der Waals surface area contributed by atoms with Gasteiger partial charge >= 0.3 is 5.97 Å². The van der Waals surface area contributed by atoms with Crippen molar-refractivity contribution in [2.45, 2.75) is 0 Å². The van der Waals surface area contributed by atoms with Gasteiger partial charge in [-0.15, -0.1) is 0 Å². The van der Waals surface area contributed by atoms with E-state index in [-0.39, 0.29) is 5.69 Å². The van der Waals surface area contributed by atoms with Gasteiger partial charge < -0.3 is 9.84 Å². The van der Waals surface area contributed by atoms with Crippen molar-refractivity contribution in [1.82, 2.24) is 4.98 Å². The number of hydrogen-bond acceptors (Lipinski definition) is 3. The van der Waals surface area contributed by atoms with E-state index in [4.69, 9.17) is 9.84 Å². The molecule has 0 aliphatic heterocycles. The van der Waals surface area contributed by atoms with Crippen LogP contribution in [0, 0.1) is 0 Å². The van der Waals surface area contributed by atoms with Crippen LogP contribution in [0.4, 0.5) is 0 Å². The third-order valence-electron chi connectivity index (χ3n) is 2.92. The number of rotatable bonds is 3. The monoisotopic (exact) mass is 343 g/mol. The molecule has 1 N–H and O–H groups in total. The van der Waals surface area contributed by atoms with Crippen LogP contribution in [0.3, 0.4) is 0 Å². The van der Waals surface area contributed by atoms with Gasteiger partial charge in [0.15, 0.2) is 5.69 Å². The first-order valence-electron chi connectivity index (χ1n) is 6.20. The zero-order chi connectivity index (χ0) is 14.8. The van der Waals surface area contributed by atoms with Crippen LogP contribution in [0.5, 0.6) is 11.5 Å². The Balaban J connectivity index is 2.13. The molecule has 0 aliphatic carbocycles. The summed E-state index contributed by atoms with van der Waals surface area (Å²) in [5.74, 6) is 0.00742. The van der Waals surface area contributed by atoms with Crippen LogP contribution < -0.4 is 4.74 Å². The standard InChI is InChI=1S/C16H10BrNO3/c17-10-4-3-5-11(8-10)21-15-9-14(16(19)20)18-13-7-2-1-6-12(13)15/h1-9H,(H,19,20). The van der Waals surface area contributed by atoms with Crippen LogP contribution in [0.15, 0.2) is 59.1 Å². The molecule has 1 aromatic heterocycles. The van der Waals surface area contributed by atoms with Crippen molar-refractivity contribution < 1.29 is 14.6 Å². The number of benzene rings is 2. The summed E-state index contributed by atoms with van der Waals surface area (Å²) in [6.07, 6.45) is 0. The van der Waals surface area contributed by atoms with E-state index < -0.39 is 5.97 Å². The molecule has 3 rings (SSSR count). The van der Waals surface area contributed by atoms with Gasteiger partial charge in [0.05, 0.1) is 5.52 Å². The average Bonchev–Trinajstić information content (AvgIpc) is 2.47. The summed E-state index contributed by atoms with van der Waals surface area (Å²) in [6, 6.07) is 16.1. The number of nitrogens with zero attached hydrogens (tertiary/aromatic N) is 1. The van der Waals surface area contributed by atoms with Crippen LogP contribution in [0.2, 0.25) is 0 Å². The van der Waals surface area contributed by atoms with Crippen molar-refractivity contribution in [3.63, 3.8) is 0 Å². The van der Waals surface area contributed by atoms with Gasteiger partial charge in [-0.2, -0.15) is 0 Å². The normalized spacial score (nSPS) is 10.5. The molecule has 5 heteroatoms. The molecule has 3 aromatic rings. The molecule has 4 nitrogen and oxygen atoms in total. The third-order valence-corrected chi connectivity index (χ3v) is 3.41. The van der Waals surface area contributed by atoms with E-state index in [9.17, 15) is 4.79 Å². The number of halogens is 1. The predicted molar refractivity (Wildman–Crippen MR) is 82.9 cm³/mol. The second-order valence-corrected chi connectivity index (χ2v) is 5.30. The molecule has 1 heterocycles. The maximum Gasteiger partial charge on any atom is 0.354 e. The van der Waals surface area contributed by atoms with Crippen molar-refractivity contribution >= 4 is 32.8 Å². The Morgan fingerprint density at radius 2 is 1.90 bits per heavy atom. The quantitative estimate of drug-likeness (QED) is 0.761. The first-order chi connectivity index (χ1) is 10.1. The lowest BCUT2D eigenvalue weighted by Gasteiger charge is -2.10. The van der Waals surface area contributed by atoms with Gasteiger partial charge in [-0.3, -0.25) is 0 Å². The molecule has 0 amide bonds. The van der Waals surface area contributed by atoms with E-state index in [1.54, 1.807) is 12.1 Å². The van der Waals surface area contributed by atoms with Gasteiger partial charge in [0.1, 0.15) is 11.5 Å². The fourth-order valence-corrected chi connectivity index (χ4v) is 2.37. The minimum atomic E-state index is -1.08. The molecule has 0 saturated carbocycles. The number of ether oxygens (including phenoxy) is 1. The fourth-order valence-electron chi connectivity index (χ4n) is 1.99. The van der Waals surface area contributed by atoms with Crippen molar-refractivity contribution in [3.8, 4) is 11.5 Å². The molecule has 0 bridgehead atoms. The summed E-state index contributed by atoms with van der Waals surface area (Å²) in [4.78, 5) is 15.3. The maximum absolute atomic E-state index is 11.2. The third kappa shape index (κ3) is 2.87. The Kier molecular flexibility index (Phi) is 3.58. The smallest absolute Gasteiger partial charge is 0.354 e. The Morgan fingerprint density at radius 3 is 2.67 bits per heavy atom. The number of pyridine rings is 1. The Hall–Kier alpha value is -2.40. The second kappa shape index (κ2) is 5.54. The fraction of sp³-hybridized carbons (Fsp3) is 0. The van der Waals surface area contributed by atoms with Crippen molar-refractivity contribution in [2.24, 2.45) is 0 Å². The summed E-state index contributed by atoms with van der Waals surface area (Å²) in [7, 11) is 0. The number of para-hydroxylation sites is 1. The molecule has 0 atom stereocenters. The van der Waals surface area contributed by atoms with Crippen LogP contribution >= 0.6 is 15.9 Å². The number of aromatic nitrogens is 1. The Bertz CT molecular complexity index is 833. The van der Waals surface area contributed by atoms with Crippen LogP contribution in [-0.4, -0.2) is 16.1 Å². The van der Waals surface area contributed by atoms with Crippen LogP contribution in [-0.2, 0) is 0 Å². The molecule has 2 aromatic carbocycles. The number of aromatic carboxylic acids is 1. The topological polar surface area (TPSA) is 59.4 Å². The van der Waals surface area contributed by atoms with Gasteiger partial charge in [-0.1, -0.05) is 34.1 Å². The van der Waals surface area contributed by atoms with Crippen LogP contribution in [0.1, 0.15) is 10.5 Å². The van der Waals surface area contributed by atoms with E-state index >= 15 is 0 Å². The van der Waals surface area contributed by atoms with Crippen LogP contribution in [0.25, 0.3) is 10.9 Å². The number of carboxylic acids is 1. The zero-order valence-corrected chi connectivity index (χ0v) is 12.4. The molecular weight excluding hydrogens is 334 g/mol. The largest absolute Gasteiger partial charge is 0.477 e. The lowest BCUT2D eigenvalue weighted by molar-refractivity contribution is 0.0690. The van der Waals surface area contributed by atoms with Crippen molar-refractivity contribution in [2.75, 3.05) is 0 Å². The van der Waals surface area contributed by atoms with Crippen molar-refractivity contribution in [1.29, 1.82) is 0 Å². The summed E-state index contributed by atoms with van der Waals surface area (Å²) < 4.78 is 6.72. The highest BCUT2D eigenvalue weighted by molar-refractivity contribution is 9.10. The molecule has 0 aliphatic rings. The van der Waals surface area contributed by atoms with Gasteiger partial charge in [0, 0.05) is 15.9 Å². The highest BCUT2D eigenvalue weighted by Gasteiger charge is 2.12. The summed E-state index contributed by atoms with van der Waals surface area (Å²) >= 11 is 3.38. The molecule has 0 radical (unpaired) electrons. The summed E-state index contributed by atoms with van der Waals surface area (Å²) in [5, 5.41) is 9.92. The minimum Gasteiger partial charge on any atom is -0.477 e. The molecule has 104 valence electrons. The highest BCUT2D eigenvalue weighted by Crippen LogP contribution is 2.31. The number of carbonyl (C=O) groups is 1. The first kappa shape index (κ1) is 13.6. The van der Waals surface area contributed by atoms with E-state index in [0.717, 1.165) is 9.86 Å². The number of hydrogen-bond donors (Lipinski definition) is 1. The molecular formula is C16H10BrNO3. The van der Waals surface area contributed by atoms with E-state index in [2.05, 4.69) is 20.9 Å². The minimum absolute atomic E-state index is 0.0429. The van der Waals surface area contributed by atoms with Gasteiger partial charge in [-0.05, 0) is 30.3 Å². The first-order valence-corrected chi connectivity index (χ1v) is 6.99. The van der Waals surface area contributed by atoms with Crippen molar-refractivity contribution in [3.05, 3.63) is 64.8 Å². The second-order valence-electron chi connectivity index (χ2n) is 4.39. The highest BCUT2D eigenvalue weighted by atomic mass is 79.9. The lowest BCUT2D eigenvalue weighted by Crippen LogP contribution is -2.01.